The molecule has 1 aromatic heterocycles. The van der Waals surface area contributed by atoms with Crippen molar-refractivity contribution in [3.05, 3.63) is 120 Å². The van der Waals surface area contributed by atoms with E-state index in [1.807, 2.05) is 80.6 Å². The van der Waals surface area contributed by atoms with E-state index in [1.54, 1.807) is 12.1 Å². The molecule has 0 aliphatic rings. The van der Waals surface area contributed by atoms with Crippen LogP contribution in [0, 0.1) is 13.8 Å². The lowest BCUT2D eigenvalue weighted by atomic mass is 10.1. The molecule has 0 radical (unpaired) electrons. The lowest BCUT2D eigenvalue weighted by molar-refractivity contribution is 0.601. The summed E-state index contributed by atoms with van der Waals surface area (Å²) in [5, 5.41) is 0. The lowest BCUT2D eigenvalue weighted by Gasteiger charge is -2.11. The first-order valence-electron chi connectivity index (χ1n) is 11.6. The Morgan fingerprint density at radius 1 is 0.771 bits per heavy atom. The highest BCUT2D eigenvalue weighted by molar-refractivity contribution is 7.92. The van der Waals surface area contributed by atoms with Gasteiger partial charge in [0.15, 0.2) is 0 Å². The topological polar surface area (TPSA) is 64.0 Å². The molecule has 0 amide bonds. The van der Waals surface area contributed by atoms with Gasteiger partial charge in [0.05, 0.1) is 15.9 Å². The molecule has 176 valence electrons. The number of aromatic nitrogens is 2. The molecular formula is C29H27N3O2S. The molecule has 5 aromatic rings. The van der Waals surface area contributed by atoms with Gasteiger partial charge in [0.2, 0.25) is 0 Å². The number of hydrogen-bond acceptors (Lipinski definition) is 3. The normalized spacial score (nSPS) is 11.6. The Bertz CT molecular complexity index is 1590. The van der Waals surface area contributed by atoms with Gasteiger partial charge in [0, 0.05) is 17.8 Å². The molecule has 0 saturated carbocycles. The Labute approximate surface area is 206 Å². The number of imidazole rings is 1. The van der Waals surface area contributed by atoms with Crippen molar-refractivity contribution in [3.63, 3.8) is 0 Å². The van der Waals surface area contributed by atoms with Crippen LogP contribution in [0.4, 0.5) is 5.69 Å². The average molecular weight is 482 g/mol. The maximum atomic E-state index is 12.8. The van der Waals surface area contributed by atoms with Gasteiger partial charge in [0.25, 0.3) is 10.0 Å². The monoisotopic (exact) mass is 481 g/mol. The number of anilines is 1. The number of rotatable bonds is 7. The molecule has 1 N–H and O–H groups in total. The highest BCUT2D eigenvalue weighted by Crippen LogP contribution is 2.23. The first-order valence-corrected chi connectivity index (χ1v) is 13.1. The standard InChI is InChI=1S/C29H27N3O2S/c1-21-12-18-26(20-22(21)2)35(33,34)31-24-16-13-23(14-17-24)15-19-29-30-27-10-6-7-11-28(27)32(29)25-8-4-3-5-9-25/h3-14,16-18,20,31H,15,19H2,1-2H3. The van der Waals surface area contributed by atoms with Crippen molar-refractivity contribution < 1.29 is 8.42 Å². The molecule has 0 fully saturated rings. The van der Waals surface area contributed by atoms with Crippen molar-refractivity contribution in [2.45, 2.75) is 31.6 Å². The van der Waals surface area contributed by atoms with E-state index in [9.17, 15) is 8.42 Å². The van der Waals surface area contributed by atoms with Crippen molar-refractivity contribution in [2.75, 3.05) is 4.72 Å². The van der Waals surface area contributed by atoms with Gasteiger partial charge in [0.1, 0.15) is 5.82 Å². The van der Waals surface area contributed by atoms with Gasteiger partial charge in [-0.25, -0.2) is 13.4 Å². The third-order valence-corrected chi connectivity index (χ3v) is 7.66. The van der Waals surface area contributed by atoms with Crippen molar-refractivity contribution in [3.8, 4) is 5.69 Å². The Kier molecular flexibility index (Phi) is 6.14. The molecule has 0 saturated heterocycles. The summed E-state index contributed by atoms with van der Waals surface area (Å²) in [6.07, 6.45) is 1.55. The summed E-state index contributed by atoms with van der Waals surface area (Å²) in [4.78, 5) is 5.16. The summed E-state index contributed by atoms with van der Waals surface area (Å²) in [6, 6.07) is 31.2. The summed E-state index contributed by atoms with van der Waals surface area (Å²) < 4.78 is 30.5. The van der Waals surface area contributed by atoms with Crippen LogP contribution in [-0.2, 0) is 22.9 Å². The molecule has 0 bridgehead atoms. The van der Waals surface area contributed by atoms with Gasteiger partial charge in [-0.05, 0) is 85.5 Å². The van der Waals surface area contributed by atoms with Crippen molar-refractivity contribution in [1.29, 1.82) is 0 Å². The van der Waals surface area contributed by atoms with E-state index < -0.39 is 10.0 Å². The van der Waals surface area contributed by atoms with Gasteiger partial charge in [-0.15, -0.1) is 0 Å². The molecule has 0 aliphatic heterocycles. The zero-order valence-electron chi connectivity index (χ0n) is 19.8. The molecule has 5 nitrogen and oxygen atoms in total. The number of para-hydroxylation sites is 3. The lowest BCUT2D eigenvalue weighted by Crippen LogP contribution is -2.13. The van der Waals surface area contributed by atoms with Crippen LogP contribution in [0.3, 0.4) is 0 Å². The summed E-state index contributed by atoms with van der Waals surface area (Å²) in [5.74, 6) is 0.997. The Balaban J connectivity index is 1.33. The summed E-state index contributed by atoms with van der Waals surface area (Å²) in [5.41, 5.74) is 6.83. The minimum absolute atomic E-state index is 0.268. The number of nitrogens with one attached hydrogen (secondary N) is 1. The fraction of sp³-hybridized carbons (Fsp3) is 0.138. The van der Waals surface area contributed by atoms with E-state index >= 15 is 0 Å². The Morgan fingerprint density at radius 2 is 1.49 bits per heavy atom. The van der Waals surface area contributed by atoms with E-state index in [2.05, 4.69) is 27.5 Å². The van der Waals surface area contributed by atoms with Crippen molar-refractivity contribution >= 4 is 26.7 Å². The molecule has 0 aliphatic carbocycles. The van der Waals surface area contributed by atoms with Crippen molar-refractivity contribution in [1.82, 2.24) is 9.55 Å². The average Bonchev–Trinajstić information content (AvgIpc) is 3.24. The first-order chi connectivity index (χ1) is 16.9. The predicted molar refractivity (Wildman–Crippen MR) is 142 cm³/mol. The van der Waals surface area contributed by atoms with Gasteiger partial charge >= 0.3 is 0 Å². The molecule has 1 heterocycles. The van der Waals surface area contributed by atoms with E-state index in [0.29, 0.717) is 5.69 Å². The third kappa shape index (κ3) is 4.84. The summed E-state index contributed by atoms with van der Waals surface area (Å²) in [6.45, 7) is 3.88. The molecule has 0 atom stereocenters. The van der Waals surface area contributed by atoms with Crippen LogP contribution in [-0.4, -0.2) is 18.0 Å². The van der Waals surface area contributed by atoms with Crippen LogP contribution in [0.2, 0.25) is 0 Å². The van der Waals surface area contributed by atoms with Crippen LogP contribution in [0.25, 0.3) is 16.7 Å². The first kappa shape index (κ1) is 22.9. The zero-order chi connectivity index (χ0) is 24.4. The SMILES string of the molecule is Cc1ccc(S(=O)(=O)Nc2ccc(CCc3nc4ccccc4n3-c3ccccc3)cc2)cc1C. The van der Waals surface area contributed by atoms with Gasteiger partial charge < -0.3 is 0 Å². The second-order valence-electron chi connectivity index (χ2n) is 8.74. The summed E-state index contributed by atoms with van der Waals surface area (Å²) >= 11 is 0. The highest BCUT2D eigenvalue weighted by atomic mass is 32.2. The van der Waals surface area contributed by atoms with Crippen LogP contribution >= 0.6 is 0 Å². The Hall–Kier alpha value is -3.90. The smallest absolute Gasteiger partial charge is 0.261 e. The summed E-state index contributed by atoms with van der Waals surface area (Å²) in [7, 11) is -3.64. The molecular weight excluding hydrogens is 454 g/mol. The van der Waals surface area contributed by atoms with Crippen LogP contribution < -0.4 is 4.72 Å². The number of benzene rings is 4. The molecule has 6 heteroatoms. The number of hydrogen-bond donors (Lipinski definition) is 1. The zero-order valence-corrected chi connectivity index (χ0v) is 20.6. The molecule has 0 unspecified atom stereocenters. The number of nitrogens with zero attached hydrogens (tertiary/aromatic N) is 2. The van der Waals surface area contributed by atoms with E-state index in [4.69, 9.17) is 4.98 Å². The number of fused-ring (bicyclic) bond motifs is 1. The third-order valence-electron chi connectivity index (χ3n) is 6.28. The minimum atomic E-state index is -3.64. The fourth-order valence-electron chi connectivity index (χ4n) is 4.20. The highest BCUT2D eigenvalue weighted by Gasteiger charge is 2.15. The fourth-order valence-corrected chi connectivity index (χ4v) is 5.34. The maximum absolute atomic E-state index is 12.8. The maximum Gasteiger partial charge on any atom is 0.261 e. The second-order valence-corrected chi connectivity index (χ2v) is 10.4. The van der Waals surface area contributed by atoms with Gasteiger partial charge in [-0.2, -0.15) is 0 Å². The van der Waals surface area contributed by atoms with Crippen LogP contribution in [0.15, 0.2) is 102 Å². The van der Waals surface area contributed by atoms with Crippen molar-refractivity contribution in [2.24, 2.45) is 0 Å². The minimum Gasteiger partial charge on any atom is -0.296 e. The quantitative estimate of drug-likeness (QED) is 0.300. The van der Waals surface area contributed by atoms with E-state index in [1.165, 1.54) is 0 Å². The predicted octanol–water partition coefficient (Wildman–Crippen LogP) is 6.23. The second kappa shape index (κ2) is 9.39. The van der Waals surface area contributed by atoms with Gasteiger partial charge in [-0.3, -0.25) is 9.29 Å². The van der Waals surface area contributed by atoms with Crippen LogP contribution in [0.1, 0.15) is 22.5 Å². The van der Waals surface area contributed by atoms with Crippen LogP contribution in [0.5, 0.6) is 0 Å². The molecule has 35 heavy (non-hydrogen) atoms. The largest absolute Gasteiger partial charge is 0.296 e. The van der Waals surface area contributed by atoms with Gasteiger partial charge in [-0.1, -0.05) is 48.5 Å². The molecule has 4 aromatic carbocycles. The van der Waals surface area contributed by atoms with E-state index in [0.717, 1.165) is 52.1 Å². The molecule has 5 rings (SSSR count). The number of sulfonamides is 1. The van der Waals surface area contributed by atoms with E-state index in [-0.39, 0.29) is 4.90 Å². The molecule has 0 spiro atoms. The number of aryl methyl sites for hydroxylation is 4. The Morgan fingerprint density at radius 3 is 2.23 bits per heavy atom.